The minimum absolute atomic E-state index is 0.102. The van der Waals surface area contributed by atoms with E-state index in [0.29, 0.717) is 31.7 Å². The maximum atomic E-state index is 12.6. The van der Waals surface area contributed by atoms with Crippen LogP contribution < -0.4 is 0 Å². The van der Waals surface area contributed by atoms with Gasteiger partial charge in [0.25, 0.3) is 5.91 Å². The maximum absolute atomic E-state index is 12.6. The highest BCUT2D eigenvalue weighted by atomic mass is 16.3. The molecule has 4 heteroatoms. The summed E-state index contributed by atoms with van der Waals surface area (Å²) in [6.07, 6.45) is 2.75. The quantitative estimate of drug-likeness (QED) is 0.923. The second kappa shape index (κ2) is 5.37. The number of likely N-dealkylation sites (tertiary alicyclic amines) is 1. The van der Waals surface area contributed by atoms with E-state index < -0.39 is 5.60 Å². The fourth-order valence-corrected chi connectivity index (χ4v) is 2.66. The summed E-state index contributed by atoms with van der Waals surface area (Å²) in [5, 5.41) is 9.98. The van der Waals surface area contributed by atoms with Gasteiger partial charge in [0.2, 0.25) is 0 Å². The number of benzene rings is 1. The van der Waals surface area contributed by atoms with Gasteiger partial charge in [0.1, 0.15) is 0 Å². The summed E-state index contributed by atoms with van der Waals surface area (Å²) >= 11 is 0. The number of carbonyl (C=O) groups excluding carboxylic acids is 1. The van der Waals surface area contributed by atoms with Crippen molar-refractivity contribution in [2.75, 3.05) is 13.1 Å². The largest absolute Gasteiger partial charge is 0.459 e. The van der Waals surface area contributed by atoms with Crippen molar-refractivity contribution in [3.8, 4) is 11.1 Å². The molecule has 0 radical (unpaired) electrons. The molecule has 0 bridgehead atoms. The normalized spacial score (nSPS) is 17.7. The topological polar surface area (TPSA) is 53.7 Å². The molecule has 1 fully saturated rings. The molecule has 1 aliphatic rings. The molecule has 3 rings (SSSR count). The first-order valence-corrected chi connectivity index (χ1v) is 7.21. The van der Waals surface area contributed by atoms with Crippen LogP contribution in [0.4, 0.5) is 0 Å². The predicted molar refractivity (Wildman–Crippen MR) is 79.9 cm³/mol. The molecule has 21 heavy (non-hydrogen) atoms. The lowest BCUT2D eigenvalue weighted by atomic mass is 9.93. The summed E-state index contributed by atoms with van der Waals surface area (Å²) in [4.78, 5) is 14.4. The van der Waals surface area contributed by atoms with Crippen molar-refractivity contribution in [2.45, 2.75) is 25.4 Å². The highest BCUT2D eigenvalue weighted by molar-refractivity contribution is 5.98. The van der Waals surface area contributed by atoms with Crippen molar-refractivity contribution in [1.29, 1.82) is 0 Å². The van der Waals surface area contributed by atoms with Gasteiger partial charge in [0, 0.05) is 18.7 Å². The third-order valence-corrected chi connectivity index (χ3v) is 4.07. The second-order valence-corrected chi connectivity index (χ2v) is 5.82. The van der Waals surface area contributed by atoms with Crippen LogP contribution in [0.5, 0.6) is 0 Å². The number of furan rings is 1. The number of nitrogens with zero attached hydrogens (tertiary/aromatic N) is 1. The number of aliphatic hydroxyl groups is 1. The standard InChI is InChI=1S/C17H19NO3/c1-17(20)8-10-18(11-9-17)16(19)15-14(7-12-21-15)13-5-3-2-4-6-13/h2-7,12,20H,8-11H2,1H3. The van der Waals surface area contributed by atoms with Gasteiger partial charge in [-0.2, -0.15) is 0 Å². The average Bonchev–Trinajstić information content (AvgIpc) is 2.97. The molecule has 110 valence electrons. The first-order chi connectivity index (χ1) is 10.1. The van der Waals surface area contributed by atoms with Crippen LogP contribution in [0.1, 0.15) is 30.3 Å². The molecule has 1 saturated heterocycles. The highest BCUT2D eigenvalue weighted by Crippen LogP contribution is 2.28. The van der Waals surface area contributed by atoms with Gasteiger partial charge in [-0.25, -0.2) is 0 Å². The van der Waals surface area contributed by atoms with Crippen molar-refractivity contribution in [3.05, 3.63) is 48.4 Å². The van der Waals surface area contributed by atoms with E-state index in [4.69, 9.17) is 4.42 Å². The van der Waals surface area contributed by atoms with E-state index in [1.54, 1.807) is 11.2 Å². The van der Waals surface area contributed by atoms with Gasteiger partial charge in [-0.05, 0) is 31.4 Å². The second-order valence-electron chi connectivity index (χ2n) is 5.82. The van der Waals surface area contributed by atoms with Crippen molar-refractivity contribution < 1.29 is 14.3 Å². The number of amides is 1. The van der Waals surface area contributed by atoms with E-state index in [9.17, 15) is 9.90 Å². The van der Waals surface area contributed by atoms with E-state index in [0.717, 1.165) is 11.1 Å². The average molecular weight is 285 g/mol. The summed E-state index contributed by atoms with van der Waals surface area (Å²) < 4.78 is 5.43. The zero-order chi connectivity index (χ0) is 14.9. The van der Waals surface area contributed by atoms with Gasteiger partial charge in [-0.15, -0.1) is 0 Å². The maximum Gasteiger partial charge on any atom is 0.290 e. The minimum Gasteiger partial charge on any atom is -0.459 e. The van der Waals surface area contributed by atoms with Gasteiger partial charge in [-0.3, -0.25) is 4.79 Å². The van der Waals surface area contributed by atoms with Crippen LogP contribution in [0, 0.1) is 0 Å². The molecular weight excluding hydrogens is 266 g/mol. The van der Waals surface area contributed by atoms with Crippen molar-refractivity contribution in [2.24, 2.45) is 0 Å². The number of rotatable bonds is 2. The van der Waals surface area contributed by atoms with E-state index in [1.807, 2.05) is 43.3 Å². The lowest BCUT2D eigenvalue weighted by Crippen LogP contribution is -2.45. The fraction of sp³-hybridized carbons (Fsp3) is 0.353. The Bertz CT molecular complexity index is 620. The molecule has 0 atom stereocenters. The van der Waals surface area contributed by atoms with Crippen molar-refractivity contribution in [3.63, 3.8) is 0 Å². The first-order valence-electron chi connectivity index (χ1n) is 7.21. The van der Waals surface area contributed by atoms with Crippen molar-refractivity contribution >= 4 is 5.91 Å². The Labute approximate surface area is 124 Å². The Morgan fingerprint density at radius 3 is 2.52 bits per heavy atom. The van der Waals surface area contributed by atoms with Crippen LogP contribution in [0.3, 0.4) is 0 Å². The Morgan fingerprint density at radius 2 is 1.86 bits per heavy atom. The molecular formula is C17H19NO3. The number of hydrogen-bond donors (Lipinski definition) is 1. The SMILES string of the molecule is CC1(O)CCN(C(=O)c2occc2-c2ccccc2)CC1. The number of hydrogen-bond acceptors (Lipinski definition) is 3. The molecule has 2 aromatic rings. The Morgan fingerprint density at radius 1 is 1.19 bits per heavy atom. The third-order valence-electron chi connectivity index (χ3n) is 4.07. The van der Waals surface area contributed by atoms with Gasteiger partial charge < -0.3 is 14.4 Å². The number of carbonyl (C=O) groups is 1. The van der Waals surface area contributed by atoms with E-state index in [1.165, 1.54) is 0 Å². The lowest BCUT2D eigenvalue weighted by Gasteiger charge is -2.35. The molecule has 4 nitrogen and oxygen atoms in total. The summed E-state index contributed by atoms with van der Waals surface area (Å²) in [6, 6.07) is 11.6. The Balaban J connectivity index is 1.82. The molecule has 0 spiro atoms. The molecule has 0 saturated carbocycles. The molecule has 0 aliphatic carbocycles. The molecule has 0 unspecified atom stereocenters. The van der Waals surface area contributed by atoms with Gasteiger partial charge in [-0.1, -0.05) is 30.3 Å². The summed E-state index contributed by atoms with van der Waals surface area (Å²) in [5.41, 5.74) is 1.12. The summed E-state index contributed by atoms with van der Waals surface area (Å²) in [6.45, 7) is 2.93. The third kappa shape index (κ3) is 2.85. The van der Waals surface area contributed by atoms with Crippen LogP contribution in [-0.4, -0.2) is 34.6 Å². The van der Waals surface area contributed by atoms with Crippen LogP contribution in [0.25, 0.3) is 11.1 Å². The molecule has 1 aromatic heterocycles. The molecule has 1 N–H and O–H groups in total. The van der Waals surface area contributed by atoms with E-state index in [-0.39, 0.29) is 5.91 Å². The lowest BCUT2D eigenvalue weighted by molar-refractivity contribution is -0.00284. The van der Waals surface area contributed by atoms with Crippen molar-refractivity contribution in [1.82, 2.24) is 4.90 Å². The molecule has 1 amide bonds. The zero-order valence-electron chi connectivity index (χ0n) is 12.1. The summed E-state index contributed by atoms with van der Waals surface area (Å²) in [7, 11) is 0. The fourth-order valence-electron chi connectivity index (χ4n) is 2.66. The predicted octanol–water partition coefficient (Wildman–Crippen LogP) is 2.93. The zero-order valence-corrected chi connectivity index (χ0v) is 12.1. The smallest absolute Gasteiger partial charge is 0.290 e. The van der Waals surface area contributed by atoms with E-state index >= 15 is 0 Å². The summed E-state index contributed by atoms with van der Waals surface area (Å²) in [5.74, 6) is 0.275. The van der Waals surface area contributed by atoms with Crippen LogP contribution >= 0.6 is 0 Å². The minimum atomic E-state index is -0.664. The Hall–Kier alpha value is -2.07. The Kier molecular flexibility index (Phi) is 3.55. The molecule has 1 aliphatic heterocycles. The monoisotopic (exact) mass is 285 g/mol. The van der Waals surface area contributed by atoms with Crippen LogP contribution in [0.2, 0.25) is 0 Å². The first kappa shape index (κ1) is 13.9. The number of piperidine rings is 1. The van der Waals surface area contributed by atoms with Crippen LogP contribution in [-0.2, 0) is 0 Å². The van der Waals surface area contributed by atoms with E-state index in [2.05, 4.69) is 0 Å². The highest BCUT2D eigenvalue weighted by Gasteiger charge is 2.31. The molecule has 2 heterocycles. The van der Waals surface area contributed by atoms with Crippen LogP contribution in [0.15, 0.2) is 47.1 Å². The van der Waals surface area contributed by atoms with Gasteiger partial charge >= 0.3 is 0 Å². The van der Waals surface area contributed by atoms with Gasteiger partial charge in [0.15, 0.2) is 5.76 Å². The molecule has 1 aromatic carbocycles. The van der Waals surface area contributed by atoms with Gasteiger partial charge in [0.05, 0.1) is 11.9 Å².